The number of halogens is 1. The summed E-state index contributed by atoms with van der Waals surface area (Å²) >= 11 is 6.15. The van der Waals surface area contributed by atoms with Gasteiger partial charge in [0.2, 0.25) is 0 Å². The third kappa shape index (κ3) is 2.64. The van der Waals surface area contributed by atoms with E-state index in [4.69, 9.17) is 16.0 Å². The molecule has 9 heteroatoms. The molecule has 1 aliphatic heterocycles. The molecule has 2 heterocycles. The molecule has 1 saturated heterocycles. The maximum atomic E-state index is 12.9. The summed E-state index contributed by atoms with van der Waals surface area (Å²) in [4.78, 5) is 36.2. The quantitative estimate of drug-likeness (QED) is 0.237. The first-order valence-corrected chi connectivity index (χ1v) is 10.5. The minimum atomic E-state index is -0.525. The van der Waals surface area contributed by atoms with Gasteiger partial charge >= 0.3 is 0 Å². The molecule has 6 atom stereocenters. The van der Waals surface area contributed by atoms with Crippen LogP contribution in [0.15, 0.2) is 52.0 Å². The standard InChI is InChI=1S/C22H16ClN3O5/c23-17-7-10(26(29)30)1-3-14(17)18-6-2-11(31-18)9-24-25-21(27)19-12-4-5-13(16-8-15(12)16)20(19)22(25)28/h1-7,9,12-13,15-16,19-20H,8H2/b24-9-/t12-,13-,15-,16+,19-,20+/m0/s1. The van der Waals surface area contributed by atoms with Gasteiger partial charge in [-0.2, -0.15) is 10.1 Å². The number of carbonyl (C=O) groups is 2. The molecule has 31 heavy (non-hydrogen) atoms. The molecule has 0 radical (unpaired) electrons. The molecule has 4 aliphatic carbocycles. The molecule has 1 aromatic heterocycles. The van der Waals surface area contributed by atoms with E-state index < -0.39 is 4.92 Å². The summed E-state index contributed by atoms with van der Waals surface area (Å²) in [6.45, 7) is 0. The molecule has 3 fully saturated rings. The van der Waals surface area contributed by atoms with Crippen LogP contribution in [0.5, 0.6) is 0 Å². The van der Waals surface area contributed by atoms with Gasteiger partial charge in [0, 0.05) is 17.7 Å². The second kappa shape index (κ2) is 6.37. The van der Waals surface area contributed by atoms with Crippen molar-refractivity contribution in [2.75, 3.05) is 0 Å². The zero-order valence-corrected chi connectivity index (χ0v) is 16.8. The summed E-state index contributed by atoms with van der Waals surface area (Å²) in [5.41, 5.74) is 0.379. The summed E-state index contributed by atoms with van der Waals surface area (Å²) in [7, 11) is 0. The van der Waals surface area contributed by atoms with E-state index in [0.29, 0.717) is 28.9 Å². The third-order valence-electron chi connectivity index (χ3n) is 7.00. The van der Waals surface area contributed by atoms with E-state index in [2.05, 4.69) is 17.3 Å². The number of rotatable bonds is 4. The number of non-ortho nitro benzene ring substituents is 1. The molecule has 5 aliphatic rings. The summed E-state index contributed by atoms with van der Waals surface area (Å²) in [6.07, 6.45) is 6.68. The molecule has 2 saturated carbocycles. The van der Waals surface area contributed by atoms with E-state index in [1.54, 1.807) is 12.1 Å². The number of furan rings is 1. The normalized spacial score (nSPS) is 32.6. The first kappa shape index (κ1) is 18.5. The van der Waals surface area contributed by atoms with Crippen molar-refractivity contribution in [2.24, 2.45) is 40.6 Å². The van der Waals surface area contributed by atoms with Crippen LogP contribution in [0.3, 0.4) is 0 Å². The Morgan fingerprint density at radius 3 is 2.39 bits per heavy atom. The molecule has 2 amide bonds. The van der Waals surface area contributed by atoms with Crippen LogP contribution in [0, 0.1) is 45.6 Å². The number of allylic oxidation sites excluding steroid dienone is 2. The van der Waals surface area contributed by atoms with E-state index in [-0.39, 0.29) is 46.2 Å². The van der Waals surface area contributed by atoms with E-state index in [0.717, 1.165) is 11.4 Å². The zero-order valence-electron chi connectivity index (χ0n) is 16.1. The number of amides is 2. The van der Waals surface area contributed by atoms with Crippen LogP contribution < -0.4 is 0 Å². The number of carbonyl (C=O) groups excluding carboxylic acids is 2. The van der Waals surface area contributed by atoms with Crippen molar-refractivity contribution < 1.29 is 18.9 Å². The predicted molar refractivity (Wildman–Crippen MR) is 110 cm³/mol. The number of hydrazone groups is 1. The second-order valence-electron chi connectivity index (χ2n) is 8.51. The van der Waals surface area contributed by atoms with E-state index in [1.165, 1.54) is 24.4 Å². The lowest BCUT2D eigenvalue weighted by Gasteiger charge is -2.37. The molecule has 156 valence electrons. The average Bonchev–Trinajstić information content (AvgIpc) is 3.40. The molecule has 7 rings (SSSR count). The monoisotopic (exact) mass is 437 g/mol. The predicted octanol–water partition coefficient (Wildman–Crippen LogP) is 3.90. The number of nitro benzene ring substituents is 1. The Morgan fingerprint density at radius 1 is 1.10 bits per heavy atom. The van der Waals surface area contributed by atoms with Crippen LogP contribution in [0.4, 0.5) is 5.69 Å². The van der Waals surface area contributed by atoms with Crippen LogP contribution in [-0.4, -0.2) is 28.0 Å². The van der Waals surface area contributed by atoms with Crippen molar-refractivity contribution in [3.63, 3.8) is 0 Å². The van der Waals surface area contributed by atoms with Gasteiger partial charge in [-0.1, -0.05) is 23.8 Å². The Hall–Kier alpha value is -3.26. The number of nitrogens with zero attached hydrogens (tertiary/aromatic N) is 3. The highest BCUT2D eigenvalue weighted by molar-refractivity contribution is 6.33. The van der Waals surface area contributed by atoms with Gasteiger partial charge < -0.3 is 4.42 Å². The number of hydrogen-bond acceptors (Lipinski definition) is 6. The molecular formula is C22H16ClN3O5. The highest BCUT2D eigenvalue weighted by Crippen LogP contribution is 2.65. The Labute approximate surface area is 181 Å². The summed E-state index contributed by atoms with van der Waals surface area (Å²) < 4.78 is 5.71. The lowest BCUT2D eigenvalue weighted by molar-refractivity contribution is -0.384. The molecule has 2 bridgehead atoms. The van der Waals surface area contributed by atoms with Crippen molar-refractivity contribution in [2.45, 2.75) is 6.42 Å². The summed E-state index contributed by atoms with van der Waals surface area (Å²) in [5, 5.41) is 16.2. The largest absolute Gasteiger partial charge is 0.455 e. The van der Waals surface area contributed by atoms with Crippen LogP contribution >= 0.6 is 11.6 Å². The highest BCUT2D eigenvalue weighted by atomic mass is 35.5. The van der Waals surface area contributed by atoms with Gasteiger partial charge in [-0.15, -0.1) is 0 Å². The molecule has 8 nitrogen and oxygen atoms in total. The highest BCUT2D eigenvalue weighted by Gasteiger charge is 2.67. The van der Waals surface area contributed by atoms with Gasteiger partial charge in [0.15, 0.2) is 0 Å². The second-order valence-corrected chi connectivity index (χ2v) is 8.92. The van der Waals surface area contributed by atoms with E-state index in [9.17, 15) is 19.7 Å². The van der Waals surface area contributed by atoms with Gasteiger partial charge in [0.25, 0.3) is 17.5 Å². The summed E-state index contributed by atoms with van der Waals surface area (Å²) in [5.74, 6) is 1.05. The molecule has 2 aromatic rings. The average molecular weight is 438 g/mol. The van der Waals surface area contributed by atoms with Crippen molar-refractivity contribution in [3.8, 4) is 11.3 Å². The van der Waals surface area contributed by atoms with Crippen LogP contribution in [-0.2, 0) is 9.59 Å². The SMILES string of the molecule is O=C1[C@@H]2[C@H]3C=C[C@@H]([C@@H]4C[C@H]34)[C@@H]2C(=O)N1/N=C\c1ccc(-c2ccc([N+](=O)[O-])cc2Cl)o1. The maximum absolute atomic E-state index is 12.9. The molecular weight excluding hydrogens is 422 g/mol. The number of imide groups is 1. The molecule has 0 spiro atoms. The van der Waals surface area contributed by atoms with Gasteiger partial charge in [-0.05, 0) is 48.3 Å². The van der Waals surface area contributed by atoms with E-state index >= 15 is 0 Å². The van der Waals surface area contributed by atoms with Crippen molar-refractivity contribution in [3.05, 3.63) is 63.4 Å². The first-order valence-electron chi connectivity index (χ1n) is 10.1. The van der Waals surface area contributed by atoms with Crippen molar-refractivity contribution in [1.29, 1.82) is 0 Å². The zero-order chi connectivity index (χ0) is 21.4. The molecule has 0 N–H and O–H groups in total. The fraction of sp³-hybridized carbons (Fsp3) is 0.318. The number of nitro groups is 1. The lowest BCUT2D eigenvalue weighted by Crippen LogP contribution is -2.40. The Kier molecular flexibility index (Phi) is 3.80. The van der Waals surface area contributed by atoms with Crippen LogP contribution in [0.2, 0.25) is 5.02 Å². The number of hydrogen-bond donors (Lipinski definition) is 0. The van der Waals surface area contributed by atoms with Crippen LogP contribution in [0.1, 0.15) is 12.2 Å². The molecule has 1 aromatic carbocycles. The van der Waals surface area contributed by atoms with E-state index in [1.807, 2.05) is 0 Å². The minimum Gasteiger partial charge on any atom is -0.455 e. The number of benzene rings is 1. The maximum Gasteiger partial charge on any atom is 0.270 e. The van der Waals surface area contributed by atoms with Gasteiger partial charge in [-0.25, -0.2) is 0 Å². The minimum absolute atomic E-state index is 0.115. The topological polar surface area (TPSA) is 106 Å². The fourth-order valence-electron chi connectivity index (χ4n) is 5.55. The molecule has 0 unspecified atom stereocenters. The fourth-order valence-corrected chi connectivity index (χ4v) is 5.82. The van der Waals surface area contributed by atoms with Gasteiger partial charge in [0.05, 0.1) is 28.0 Å². The lowest BCUT2D eigenvalue weighted by atomic mass is 9.63. The van der Waals surface area contributed by atoms with Crippen LogP contribution in [0.25, 0.3) is 11.3 Å². The summed E-state index contributed by atoms with van der Waals surface area (Å²) in [6, 6.07) is 7.39. The smallest absolute Gasteiger partial charge is 0.270 e. The van der Waals surface area contributed by atoms with Crippen molar-refractivity contribution >= 4 is 35.3 Å². The third-order valence-corrected chi connectivity index (χ3v) is 7.31. The van der Waals surface area contributed by atoms with Gasteiger partial charge in [-0.3, -0.25) is 19.7 Å². The Morgan fingerprint density at radius 2 is 1.77 bits per heavy atom. The van der Waals surface area contributed by atoms with Crippen molar-refractivity contribution in [1.82, 2.24) is 5.01 Å². The van der Waals surface area contributed by atoms with Gasteiger partial charge in [0.1, 0.15) is 11.5 Å². The first-order chi connectivity index (χ1) is 14.9. The Balaban J connectivity index is 1.23. The Bertz CT molecular complexity index is 1180.